The van der Waals surface area contributed by atoms with Crippen LogP contribution in [0, 0.1) is 0 Å². The second kappa shape index (κ2) is 9.68. The smallest absolute Gasteiger partial charge is 0.234 e. The lowest BCUT2D eigenvalue weighted by atomic mass is 10.0. The molecular weight excluding hydrogens is 448 g/mol. The second-order valence-electron chi connectivity index (χ2n) is 7.17. The van der Waals surface area contributed by atoms with Crippen molar-refractivity contribution in [2.45, 2.75) is 24.9 Å². The molecule has 158 valence electrons. The van der Waals surface area contributed by atoms with Gasteiger partial charge in [0.15, 0.2) is 11.0 Å². The Hall–Kier alpha value is -2.61. The molecule has 0 radical (unpaired) electrons. The van der Waals surface area contributed by atoms with Crippen LogP contribution in [0.25, 0.3) is 16.4 Å². The van der Waals surface area contributed by atoms with E-state index in [1.165, 1.54) is 11.8 Å². The average Bonchev–Trinajstić information content (AvgIpc) is 3.43. The van der Waals surface area contributed by atoms with Crippen LogP contribution < -0.4 is 5.32 Å². The first-order valence-corrected chi connectivity index (χ1v) is 12.0. The fraction of sp³-hybridized carbons (Fsp3) is 0.174. The lowest BCUT2D eigenvalue weighted by molar-refractivity contribution is -0.113. The zero-order valence-corrected chi connectivity index (χ0v) is 19.5. The lowest BCUT2D eigenvalue weighted by Crippen LogP contribution is -2.16. The number of aromatic nitrogens is 3. The third-order valence-corrected chi connectivity index (χ3v) is 6.70. The first-order chi connectivity index (χ1) is 15.0. The van der Waals surface area contributed by atoms with Crippen LogP contribution in [0.2, 0.25) is 5.02 Å². The van der Waals surface area contributed by atoms with Gasteiger partial charge in [-0.05, 0) is 53.3 Å². The largest absolute Gasteiger partial charge is 0.325 e. The number of anilines is 1. The van der Waals surface area contributed by atoms with E-state index in [0.717, 1.165) is 27.6 Å². The first kappa shape index (κ1) is 21.6. The number of carbonyl (C=O) groups is 1. The molecule has 31 heavy (non-hydrogen) atoms. The van der Waals surface area contributed by atoms with E-state index < -0.39 is 0 Å². The predicted octanol–water partition coefficient (Wildman–Crippen LogP) is 6.50. The molecule has 4 aromatic rings. The third-order valence-electron chi connectivity index (χ3n) is 4.65. The molecule has 0 bridgehead atoms. The molecule has 0 saturated heterocycles. The van der Waals surface area contributed by atoms with Crippen molar-refractivity contribution in [2.75, 3.05) is 11.1 Å². The molecule has 0 unspecified atom stereocenters. The molecule has 2 heterocycles. The summed E-state index contributed by atoms with van der Waals surface area (Å²) in [6.45, 7) is 4.22. The summed E-state index contributed by atoms with van der Waals surface area (Å²) < 4.78 is 1.96. The summed E-state index contributed by atoms with van der Waals surface area (Å²) in [5.74, 6) is 1.21. The molecule has 4 rings (SSSR count). The van der Waals surface area contributed by atoms with Gasteiger partial charge in [-0.15, -0.1) is 21.5 Å². The normalized spacial score (nSPS) is 11.1. The van der Waals surface area contributed by atoms with Crippen LogP contribution in [-0.4, -0.2) is 26.4 Å². The fourth-order valence-electron chi connectivity index (χ4n) is 3.18. The number of amides is 1. The van der Waals surface area contributed by atoms with Gasteiger partial charge in [0.25, 0.3) is 0 Å². The van der Waals surface area contributed by atoms with E-state index in [2.05, 4.69) is 29.4 Å². The Kier molecular flexibility index (Phi) is 6.75. The molecule has 8 heteroatoms. The maximum atomic E-state index is 12.7. The third kappa shape index (κ3) is 5.01. The van der Waals surface area contributed by atoms with Gasteiger partial charge >= 0.3 is 0 Å². The minimum absolute atomic E-state index is 0.0820. The highest BCUT2D eigenvalue weighted by molar-refractivity contribution is 7.99. The first-order valence-electron chi connectivity index (χ1n) is 9.79. The molecule has 0 aliphatic rings. The highest BCUT2D eigenvalue weighted by Crippen LogP contribution is 2.31. The number of hydrogen-bond acceptors (Lipinski definition) is 5. The second-order valence-corrected chi connectivity index (χ2v) is 9.50. The molecule has 0 aliphatic heterocycles. The van der Waals surface area contributed by atoms with Crippen molar-refractivity contribution in [2.24, 2.45) is 0 Å². The lowest BCUT2D eigenvalue weighted by Gasteiger charge is -2.13. The minimum atomic E-state index is -0.0820. The van der Waals surface area contributed by atoms with Crippen LogP contribution in [0.4, 0.5) is 5.69 Å². The standard InChI is InChI=1S/C23H21ClN4OS2/c1-15(2)18-6-3-4-7-19(18)25-21(29)14-31-23-27-26-22(20-8-5-13-30-20)28(23)17-11-9-16(24)10-12-17/h3-13,15H,14H2,1-2H3,(H,25,29). The van der Waals surface area contributed by atoms with Gasteiger partial charge in [-0.25, -0.2) is 0 Å². The maximum absolute atomic E-state index is 12.7. The molecule has 0 spiro atoms. The molecule has 0 fully saturated rings. The summed E-state index contributed by atoms with van der Waals surface area (Å²) in [5.41, 5.74) is 2.86. The quantitative estimate of drug-likeness (QED) is 0.314. The molecular formula is C23H21ClN4OS2. The summed E-state index contributed by atoms with van der Waals surface area (Å²) in [4.78, 5) is 13.7. The number of nitrogens with zero attached hydrogens (tertiary/aromatic N) is 3. The zero-order valence-electron chi connectivity index (χ0n) is 17.1. The van der Waals surface area contributed by atoms with Crippen LogP contribution in [0.1, 0.15) is 25.3 Å². The maximum Gasteiger partial charge on any atom is 0.234 e. The van der Waals surface area contributed by atoms with Gasteiger partial charge in [-0.1, -0.05) is 61.5 Å². The summed E-state index contributed by atoms with van der Waals surface area (Å²) in [7, 11) is 0. The summed E-state index contributed by atoms with van der Waals surface area (Å²) in [6.07, 6.45) is 0. The SMILES string of the molecule is CC(C)c1ccccc1NC(=O)CSc1nnc(-c2cccs2)n1-c1ccc(Cl)cc1. The number of carbonyl (C=O) groups excluding carboxylic acids is 1. The number of nitrogens with one attached hydrogen (secondary N) is 1. The molecule has 2 aromatic carbocycles. The van der Waals surface area contributed by atoms with E-state index in [4.69, 9.17) is 11.6 Å². The Bertz CT molecular complexity index is 1170. The Labute approximate surface area is 194 Å². The van der Waals surface area contributed by atoms with Crippen LogP contribution >= 0.6 is 34.7 Å². The van der Waals surface area contributed by atoms with E-state index in [-0.39, 0.29) is 11.7 Å². The number of para-hydroxylation sites is 1. The van der Waals surface area contributed by atoms with Crippen LogP contribution in [-0.2, 0) is 4.79 Å². The van der Waals surface area contributed by atoms with Gasteiger partial charge in [0.2, 0.25) is 5.91 Å². The van der Waals surface area contributed by atoms with Crippen molar-refractivity contribution in [1.29, 1.82) is 0 Å². The monoisotopic (exact) mass is 468 g/mol. The topological polar surface area (TPSA) is 59.8 Å². The van der Waals surface area contributed by atoms with Crippen LogP contribution in [0.3, 0.4) is 0 Å². The van der Waals surface area contributed by atoms with E-state index in [9.17, 15) is 4.79 Å². The van der Waals surface area contributed by atoms with Crippen molar-refractivity contribution in [3.05, 3.63) is 76.6 Å². The number of thiophene rings is 1. The molecule has 1 amide bonds. The van der Waals surface area contributed by atoms with E-state index >= 15 is 0 Å². The Balaban J connectivity index is 1.56. The van der Waals surface area contributed by atoms with E-state index in [0.29, 0.717) is 16.1 Å². The van der Waals surface area contributed by atoms with Gasteiger partial charge < -0.3 is 5.32 Å². The van der Waals surface area contributed by atoms with E-state index in [1.807, 2.05) is 70.6 Å². The Morgan fingerprint density at radius 3 is 2.58 bits per heavy atom. The number of rotatable bonds is 7. The average molecular weight is 469 g/mol. The number of hydrogen-bond donors (Lipinski definition) is 1. The summed E-state index contributed by atoms with van der Waals surface area (Å²) in [5, 5.41) is 15.1. The summed E-state index contributed by atoms with van der Waals surface area (Å²) in [6, 6.07) is 19.4. The van der Waals surface area contributed by atoms with Crippen LogP contribution in [0.15, 0.2) is 71.2 Å². The van der Waals surface area contributed by atoms with Gasteiger partial charge in [0, 0.05) is 16.4 Å². The molecule has 2 aromatic heterocycles. The summed E-state index contributed by atoms with van der Waals surface area (Å²) >= 11 is 9.02. The molecule has 5 nitrogen and oxygen atoms in total. The van der Waals surface area contributed by atoms with Crippen molar-refractivity contribution in [3.63, 3.8) is 0 Å². The van der Waals surface area contributed by atoms with Gasteiger partial charge in [-0.3, -0.25) is 9.36 Å². The van der Waals surface area contributed by atoms with Gasteiger partial charge in [0.05, 0.1) is 10.6 Å². The van der Waals surface area contributed by atoms with Crippen molar-refractivity contribution in [1.82, 2.24) is 14.8 Å². The van der Waals surface area contributed by atoms with Crippen LogP contribution in [0.5, 0.6) is 0 Å². The van der Waals surface area contributed by atoms with E-state index in [1.54, 1.807) is 11.3 Å². The molecule has 0 saturated carbocycles. The van der Waals surface area contributed by atoms with Gasteiger partial charge in [0.1, 0.15) is 0 Å². The number of benzene rings is 2. The van der Waals surface area contributed by atoms with Crippen molar-refractivity contribution in [3.8, 4) is 16.4 Å². The minimum Gasteiger partial charge on any atom is -0.325 e. The molecule has 0 aliphatic carbocycles. The highest BCUT2D eigenvalue weighted by atomic mass is 35.5. The predicted molar refractivity (Wildman–Crippen MR) is 130 cm³/mol. The van der Waals surface area contributed by atoms with Gasteiger partial charge in [-0.2, -0.15) is 0 Å². The molecule has 1 N–H and O–H groups in total. The highest BCUT2D eigenvalue weighted by Gasteiger charge is 2.18. The van der Waals surface area contributed by atoms with Crippen molar-refractivity contribution < 1.29 is 4.79 Å². The Morgan fingerprint density at radius 1 is 1.10 bits per heavy atom. The zero-order chi connectivity index (χ0) is 21.8. The Morgan fingerprint density at radius 2 is 1.87 bits per heavy atom. The number of halogens is 1. The molecule has 0 atom stereocenters. The fourth-order valence-corrected chi connectivity index (χ4v) is 4.76. The van der Waals surface area contributed by atoms with Crippen molar-refractivity contribution >= 4 is 46.3 Å². The number of thioether (sulfide) groups is 1.